The summed E-state index contributed by atoms with van der Waals surface area (Å²) in [6, 6.07) is 67.6. The molecule has 0 radical (unpaired) electrons. The van der Waals surface area contributed by atoms with E-state index in [1.165, 1.54) is 22.3 Å². The van der Waals surface area contributed by atoms with E-state index in [2.05, 4.69) is 157 Å². The lowest BCUT2D eigenvalue weighted by Crippen LogP contribution is -2.10. The van der Waals surface area contributed by atoms with Gasteiger partial charge in [-0.2, -0.15) is 0 Å². The second kappa shape index (κ2) is 12.9. The van der Waals surface area contributed by atoms with Crippen molar-refractivity contribution in [2.45, 2.75) is 0 Å². The number of aromatic nitrogens is 1. The van der Waals surface area contributed by atoms with Crippen LogP contribution in [-0.2, 0) is 0 Å². The normalized spacial score (nSPS) is 11.4. The van der Waals surface area contributed by atoms with Crippen LogP contribution in [0.1, 0.15) is 0 Å². The molecule has 250 valence electrons. The fraction of sp³-hybridized carbons (Fsp3) is 0. The van der Waals surface area contributed by atoms with Crippen molar-refractivity contribution in [3.63, 3.8) is 0 Å². The first-order chi connectivity index (χ1) is 26.2. The first-order valence-electron chi connectivity index (χ1n) is 17.8. The quantitative estimate of drug-likeness (QED) is 0.168. The number of hydrogen-bond donors (Lipinski definition) is 0. The molecule has 4 nitrogen and oxygen atoms in total. The van der Waals surface area contributed by atoms with Crippen LogP contribution in [0, 0.1) is 0 Å². The van der Waals surface area contributed by atoms with Gasteiger partial charge in [0.15, 0.2) is 11.2 Å². The van der Waals surface area contributed by atoms with Crippen molar-refractivity contribution in [2.24, 2.45) is 0 Å². The van der Waals surface area contributed by atoms with Crippen molar-refractivity contribution in [3.8, 4) is 44.8 Å². The third-order valence-electron chi connectivity index (χ3n) is 9.94. The zero-order chi connectivity index (χ0) is 35.1. The van der Waals surface area contributed by atoms with Crippen LogP contribution < -0.4 is 4.90 Å². The number of fused-ring (bicyclic) bond motifs is 4. The molecule has 2 heterocycles. The van der Waals surface area contributed by atoms with E-state index >= 15 is 0 Å². The molecule has 0 aliphatic rings. The minimum Gasteiger partial charge on any atom is -0.454 e. The van der Waals surface area contributed by atoms with E-state index < -0.39 is 0 Å². The third-order valence-corrected chi connectivity index (χ3v) is 9.94. The molecule has 0 amide bonds. The molecule has 8 aromatic carbocycles. The minimum absolute atomic E-state index is 0.573. The van der Waals surface area contributed by atoms with Gasteiger partial charge in [0.05, 0.1) is 5.69 Å². The molecule has 0 N–H and O–H groups in total. The van der Waals surface area contributed by atoms with E-state index in [0.29, 0.717) is 5.89 Å². The summed E-state index contributed by atoms with van der Waals surface area (Å²) in [4.78, 5) is 7.01. The minimum atomic E-state index is 0.573. The van der Waals surface area contributed by atoms with Gasteiger partial charge in [-0.15, -0.1) is 0 Å². The highest BCUT2D eigenvalue weighted by Gasteiger charge is 2.20. The summed E-state index contributed by atoms with van der Waals surface area (Å²) in [5.41, 5.74) is 14.2. The van der Waals surface area contributed by atoms with Gasteiger partial charge in [-0.3, -0.25) is 0 Å². The van der Waals surface area contributed by atoms with Crippen LogP contribution in [0.15, 0.2) is 203 Å². The highest BCUT2D eigenvalue weighted by Crippen LogP contribution is 2.43. The average molecular weight is 681 g/mol. The lowest BCUT2D eigenvalue weighted by molar-refractivity contribution is 0.619. The molecule has 0 fully saturated rings. The number of para-hydroxylation sites is 3. The van der Waals surface area contributed by atoms with Crippen LogP contribution in [0.2, 0.25) is 0 Å². The number of anilines is 3. The maximum absolute atomic E-state index is 6.77. The van der Waals surface area contributed by atoms with Crippen LogP contribution in [0.3, 0.4) is 0 Å². The van der Waals surface area contributed by atoms with Crippen LogP contribution in [0.4, 0.5) is 17.1 Å². The summed E-state index contributed by atoms with van der Waals surface area (Å²) in [6.07, 6.45) is 0. The summed E-state index contributed by atoms with van der Waals surface area (Å²) >= 11 is 0. The maximum atomic E-state index is 6.77. The SMILES string of the molecule is c1ccc(-c2ccc(-c3ccc(N(c4ccc(-c5ccccc5)cc4)c4cccc5c4oc4cc(-c6nc7ccccc7o6)ccc45)cc3)cc2)cc1. The van der Waals surface area contributed by atoms with Gasteiger partial charge in [-0.05, 0) is 94.0 Å². The maximum Gasteiger partial charge on any atom is 0.227 e. The molecule has 2 aromatic heterocycles. The molecule has 10 aromatic rings. The molecule has 0 atom stereocenters. The zero-order valence-electron chi connectivity index (χ0n) is 28.7. The fourth-order valence-electron chi connectivity index (χ4n) is 7.24. The molecule has 10 rings (SSSR count). The highest BCUT2D eigenvalue weighted by molar-refractivity contribution is 6.11. The van der Waals surface area contributed by atoms with Gasteiger partial charge >= 0.3 is 0 Å². The van der Waals surface area contributed by atoms with E-state index in [9.17, 15) is 0 Å². The van der Waals surface area contributed by atoms with E-state index in [1.807, 2.05) is 42.5 Å². The molecular formula is C49H32N2O2. The molecule has 0 aliphatic carbocycles. The van der Waals surface area contributed by atoms with Crippen molar-refractivity contribution in [1.29, 1.82) is 0 Å². The summed E-state index contributed by atoms with van der Waals surface area (Å²) in [5.74, 6) is 0.573. The number of hydrogen-bond acceptors (Lipinski definition) is 4. The topological polar surface area (TPSA) is 42.4 Å². The fourth-order valence-corrected chi connectivity index (χ4v) is 7.24. The summed E-state index contributed by atoms with van der Waals surface area (Å²) in [6.45, 7) is 0. The Morgan fingerprint density at radius 1 is 0.358 bits per heavy atom. The second-order valence-corrected chi connectivity index (χ2v) is 13.2. The van der Waals surface area contributed by atoms with Gasteiger partial charge in [0.2, 0.25) is 5.89 Å². The van der Waals surface area contributed by atoms with Crippen molar-refractivity contribution in [1.82, 2.24) is 4.98 Å². The third kappa shape index (κ3) is 5.63. The van der Waals surface area contributed by atoms with Gasteiger partial charge in [0.25, 0.3) is 0 Å². The van der Waals surface area contributed by atoms with Crippen LogP contribution in [0.25, 0.3) is 77.9 Å². The summed E-state index contributed by atoms with van der Waals surface area (Å²) in [5, 5.41) is 2.08. The van der Waals surface area contributed by atoms with Crippen molar-refractivity contribution in [3.05, 3.63) is 194 Å². The van der Waals surface area contributed by atoms with Gasteiger partial charge in [0, 0.05) is 27.7 Å². The van der Waals surface area contributed by atoms with Crippen molar-refractivity contribution < 1.29 is 8.83 Å². The Balaban J connectivity index is 1.06. The number of nitrogens with zero attached hydrogens (tertiary/aromatic N) is 2. The largest absolute Gasteiger partial charge is 0.454 e. The van der Waals surface area contributed by atoms with Crippen molar-refractivity contribution >= 4 is 50.1 Å². The summed E-state index contributed by atoms with van der Waals surface area (Å²) in [7, 11) is 0. The Kier molecular flexibility index (Phi) is 7.43. The number of furan rings is 1. The van der Waals surface area contributed by atoms with Crippen molar-refractivity contribution in [2.75, 3.05) is 4.90 Å². The molecule has 53 heavy (non-hydrogen) atoms. The van der Waals surface area contributed by atoms with Gasteiger partial charge in [0.1, 0.15) is 11.1 Å². The van der Waals surface area contributed by atoms with E-state index in [-0.39, 0.29) is 0 Å². The summed E-state index contributed by atoms with van der Waals surface area (Å²) < 4.78 is 12.9. The average Bonchev–Trinajstić information content (AvgIpc) is 3.84. The molecule has 0 unspecified atom stereocenters. The van der Waals surface area contributed by atoms with E-state index in [1.54, 1.807) is 0 Å². The Morgan fingerprint density at radius 3 is 1.45 bits per heavy atom. The van der Waals surface area contributed by atoms with Crippen LogP contribution in [-0.4, -0.2) is 4.98 Å². The lowest BCUT2D eigenvalue weighted by Gasteiger charge is -2.26. The number of benzene rings is 8. The standard InChI is InChI=1S/C49H32N2O2/c1-3-10-33(11-4-1)35-18-20-36(21-19-35)38-24-29-41(30-25-38)51(40-27-22-37(23-28-40)34-12-5-2-6-13-34)45-16-9-14-43-42-31-26-39(32-47(42)52-48(43)45)49-50-44-15-7-8-17-46(44)53-49/h1-32H. The zero-order valence-corrected chi connectivity index (χ0v) is 28.7. The first-order valence-corrected chi connectivity index (χ1v) is 17.8. The van der Waals surface area contributed by atoms with Crippen LogP contribution in [0.5, 0.6) is 0 Å². The molecule has 0 spiro atoms. The Labute approximate surface area is 306 Å². The van der Waals surface area contributed by atoms with E-state index in [4.69, 9.17) is 13.8 Å². The monoisotopic (exact) mass is 680 g/mol. The second-order valence-electron chi connectivity index (χ2n) is 13.2. The van der Waals surface area contributed by atoms with Gasteiger partial charge < -0.3 is 13.7 Å². The van der Waals surface area contributed by atoms with E-state index in [0.717, 1.165) is 66.8 Å². The van der Waals surface area contributed by atoms with Crippen LogP contribution >= 0.6 is 0 Å². The molecule has 0 bridgehead atoms. The molecular weight excluding hydrogens is 649 g/mol. The highest BCUT2D eigenvalue weighted by atomic mass is 16.3. The number of oxazole rings is 1. The molecule has 0 saturated carbocycles. The lowest BCUT2D eigenvalue weighted by atomic mass is 10.00. The first kappa shape index (κ1) is 30.6. The van der Waals surface area contributed by atoms with Gasteiger partial charge in [-0.25, -0.2) is 4.98 Å². The Bertz CT molecular complexity index is 2820. The molecule has 0 saturated heterocycles. The molecule has 4 heteroatoms. The number of rotatable bonds is 7. The predicted molar refractivity (Wildman–Crippen MR) is 218 cm³/mol. The Morgan fingerprint density at radius 2 is 0.868 bits per heavy atom. The smallest absolute Gasteiger partial charge is 0.227 e. The predicted octanol–water partition coefficient (Wildman–Crippen LogP) is 13.9. The Hall–Kier alpha value is -7.17. The van der Waals surface area contributed by atoms with Gasteiger partial charge in [-0.1, -0.05) is 133 Å². The molecule has 0 aliphatic heterocycles.